The van der Waals surface area contributed by atoms with Crippen molar-refractivity contribution < 1.29 is 0 Å². The van der Waals surface area contributed by atoms with Gasteiger partial charge in [0.2, 0.25) is 0 Å². The van der Waals surface area contributed by atoms with Gasteiger partial charge in [0.25, 0.3) is 0 Å². The molecule has 0 aromatic heterocycles. The van der Waals surface area contributed by atoms with E-state index in [-0.39, 0.29) is 0 Å². The van der Waals surface area contributed by atoms with Crippen LogP contribution in [0.15, 0.2) is 121 Å². The van der Waals surface area contributed by atoms with Gasteiger partial charge in [-0.25, -0.2) is 0 Å². The molecule has 0 fully saturated rings. The summed E-state index contributed by atoms with van der Waals surface area (Å²) in [4.78, 5) is 0. The Kier molecular flexibility index (Phi) is 6.15. The maximum absolute atomic E-state index is 3.74. The van der Waals surface area contributed by atoms with Crippen LogP contribution in [0, 0.1) is 19.7 Å². The van der Waals surface area contributed by atoms with Crippen molar-refractivity contribution in [3.63, 3.8) is 0 Å². The van der Waals surface area contributed by atoms with Crippen molar-refractivity contribution in [2.45, 2.75) is 0 Å². The zero-order valence-corrected chi connectivity index (χ0v) is 18.9. The van der Waals surface area contributed by atoms with E-state index in [1.165, 1.54) is 7.16 Å². The predicted molar refractivity (Wildman–Crippen MR) is 125 cm³/mol. The van der Waals surface area contributed by atoms with E-state index in [1.807, 2.05) is 36.4 Å². The van der Waals surface area contributed by atoms with Crippen molar-refractivity contribution in [1.82, 2.24) is 0 Å². The Balaban J connectivity index is 1.96. The third-order valence-corrected chi connectivity index (χ3v) is 14.5. The molecule has 0 aliphatic carbocycles. The van der Waals surface area contributed by atoms with E-state index in [0.29, 0.717) is 0 Å². The van der Waals surface area contributed by atoms with Crippen LogP contribution >= 0.6 is 0 Å². The zero-order chi connectivity index (χ0) is 19.8. The molecule has 0 N–H and O–H groups in total. The molecule has 0 aliphatic rings. The molecule has 0 saturated carbocycles. The summed E-state index contributed by atoms with van der Waals surface area (Å²) in [7, 11) is 0. The first-order valence-electron chi connectivity index (χ1n) is 9.64. The van der Waals surface area contributed by atoms with Crippen molar-refractivity contribution in [3.8, 4) is 19.7 Å². The molecule has 0 aliphatic heterocycles. The van der Waals surface area contributed by atoms with Gasteiger partial charge >= 0.3 is 178 Å². The molecule has 0 radical (unpaired) electrons. The Bertz CT molecular complexity index is 1070. The first-order chi connectivity index (χ1) is 14.4. The quantitative estimate of drug-likeness (QED) is 0.298. The van der Waals surface area contributed by atoms with Crippen LogP contribution in [0.1, 0.15) is 11.1 Å². The summed E-state index contributed by atoms with van der Waals surface area (Å²) in [6.07, 6.45) is 0. The van der Waals surface area contributed by atoms with E-state index in [0.717, 1.165) is 11.1 Å². The van der Waals surface area contributed by atoms with E-state index in [4.69, 9.17) is 0 Å². The third kappa shape index (κ3) is 4.62. The van der Waals surface area contributed by atoms with Gasteiger partial charge in [0.05, 0.1) is 0 Å². The van der Waals surface area contributed by atoms with E-state index in [2.05, 4.69) is 105 Å². The minimum atomic E-state index is -3.61. The van der Waals surface area contributed by atoms with Crippen molar-refractivity contribution in [3.05, 3.63) is 132 Å². The topological polar surface area (TPSA) is 0 Å². The number of rotatable bonds is 2. The molecule has 0 heterocycles. The molecule has 4 rings (SSSR count). The van der Waals surface area contributed by atoms with Gasteiger partial charge in [-0.3, -0.25) is 0 Å². The average molecular weight is 475 g/mol. The number of hydrogen-bond acceptors (Lipinski definition) is 0. The summed E-state index contributed by atoms with van der Waals surface area (Å²) in [5.41, 5.74) is 2.06. The maximum atomic E-state index is 3.74. The third-order valence-electron chi connectivity index (χ3n) is 4.75. The normalized spacial score (nSPS) is 10.2. The van der Waals surface area contributed by atoms with Crippen LogP contribution in [-0.4, -0.2) is 18.4 Å². The van der Waals surface area contributed by atoms with Gasteiger partial charge in [-0.2, -0.15) is 0 Å². The molecule has 0 amide bonds. The first-order valence-corrected chi connectivity index (χ1v) is 15.4. The van der Waals surface area contributed by atoms with Crippen molar-refractivity contribution in [2.75, 3.05) is 0 Å². The fourth-order valence-corrected chi connectivity index (χ4v) is 11.9. The molecule has 4 aromatic carbocycles. The van der Waals surface area contributed by atoms with Crippen LogP contribution in [0.3, 0.4) is 0 Å². The van der Waals surface area contributed by atoms with Crippen molar-refractivity contribution in [1.29, 1.82) is 0 Å². The zero-order valence-electron chi connectivity index (χ0n) is 16.0. The van der Waals surface area contributed by atoms with Crippen LogP contribution in [-0.2, 0) is 0 Å². The molecule has 136 valence electrons. The van der Waals surface area contributed by atoms with Crippen LogP contribution < -0.4 is 7.16 Å². The van der Waals surface area contributed by atoms with Crippen LogP contribution in [0.4, 0.5) is 0 Å². The van der Waals surface area contributed by atoms with Crippen molar-refractivity contribution in [2.24, 2.45) is 0 Å². The Morgan fingerprint density at radius 1 is 0.379 bits per heavy atom. The molecule has 0 atom stereocenters. The van der Waals surface area contributed by atoms with Crippen LogP contribution in [0.25, 0.3) is 0 Å². The van der Waals surface area contributed by atoms with Gasteiger partial charge in [-0.05, 0) is 0 Å². The van der Waals surface area contributed by atoms with Gasteiger partial charge in [0.1, 0.15) is 0 Å². The molecule has 0 spiro atoms. The standard InChI is InChI=1S/2C8H5.2C6H5.Sn/c2*1-2-8-6-4-3-5-7-8;2*1-2-4-6-5-3-1;/h2*3-7H;2*1-5H;. The summed E-state index contributed by atoms with van der Waals surface area (Å²) >= 11 is -3.61. The molecule has 0 nitrogen and oxygen atoms in total. The second kappa shape index (κ2) is 9.33. The van der Waals surface area contributed by atoms with Gasteiger partial charge < -0.3 is 0 Å². The monoisotopic (exact) mass is 476 g/mol. The fourth-order valence-electron chi connectivity index (χ4n) is 3.24. The SMILES string of the molecule is C(#[C][Sn]([C]#Cc1ccccc1)([c]1ccccc1)[c]1ccccc1)c1ccccc1. The molecule has 4 aromatic rings. The molecular weight excluding hydrogens is 455 g/mol. The second-order valence-electron chi connectivity index (χ2n) is 6.71. The summed E-state index contributed by atoms with van der Waals surface area (Å²) in [6, 6.07) is 41.7. The van der Waals surface area contributed by atoms with Crippen molar-refractivity contribution >= 4 is 25.5 Å². The number of benzene rings is 4. The average Bonchev–Trinajstić information content (AvgIpc) is 2.82. The summed E-state index contributed by atoms with van der Waals surface area (Å²) in [5, 5.41) is 0. The van der Waals surface area contributed by atoms with E-state index >= 15 is 0 Å². The molecular formula is C28H20Sn. The molecule has 0 saturated heterocycles. The summed E-state index contributed by atoms with van der Waals surface area (Å²) in [5.74, 6) is 6.92. The van der Waals surface area contributed by atoms with Crippen LogP contribution in [0.2, 0.25) is 0 Å². The van der Waals surface area contributed by atoms with Crippen LogP contribution in [0.5, 0.6) is 0 Å². The van der Waals surface area contributed by atoms with Gasteiger partial charge in [0.15, 0.2) is 0 Å². The Morgan fingerprint density at radius 3 is 1.03 bits per heavy atom. The van der Waals surface area contributed by atoms with E-state index < -0.39 is 18.4 Å². The Labute approximate surface area is 177 Å². The molecule has 1 heteroatoms. The Morgan fingerprint density at radius 2 is 0.690 bits per heavy atom. The van der Waals surface area contributed by atoms with E-state index in [9.17, 15) is 0 Å². The molecule has 29 heavy (non-hydrogen) atoms. The van der Waals surface area contributed by atoms with E-state index in [1.54, 1.807) is 0 Å². The molecule has 0 unspecified atom stereocenters. The summed E-state index contributed by atoms with van der Waals surface area (Å²) in [6.45, 7) is 0. The fraction of sp³-hybridized carbons (Fsp3) is 0. The Hall–Kier alpha value is -3.20. The second-order valence-corrected chi connectivity index (χ2v) is 15.7. The van der Waals surface area contributed by atoms with Gasteiger partial charge in [0, 0.05) is 0 Å². The van der Waals surface area contributed by atoms with Gasteiger partial charge in [-0.1, -0.05) is 0 Å². The molecule has 0 bridgehead atoms. The summed E-state index contributed by atoms with van der Waals surface area (Å²) < 4.78 is 10.0. The van der Waals surface area contributed by atoms with Gasteiger partial charge in [-0.15, -0.1) is 0 Å². The minimum absolute atomic E-state index is 1.03. The first kappa shape index (κ1) is 19.1. The number of hydrogen-bond donors (Lipinski definition) is 0. The predicted octanol–water partition coefficient (Wildman–Crippen LogP) is 4.43.